The molecule has 23 heavy (non-hydrogen) atoms. The lowest BCUT2D eigenvalue weighted by Crippen LogP contribution is -2.40. The number of nitrogens with one attached hydrogen (secondary N) is 1. The van der Waals surface area contributed by atoms with Crippen molar-refractivity contribution in [2.75, 3.05) is 25.1 Å². The summed E-state index contributed by atoms with van der Waals surface area (Å²) < 4.78 is 18.8. The minimum atomic E-state index is -0.204. The average Bonchev–Trinajstić information content (AvgIpc) is 2.57. The normalized spacial score (nSPS) is 17.0. The molecule has 3 rings (SSSR count). The summed E-state index contributed by atoms with van der Waals surface area (Å²) >= 11 is 0. The highest BCUT2D eigenvalue weighted by Crippen LogP contribution is 2.35. The molecular formula is C18H22FN3O. The molecule has 5 heteroatoms. The molecule has 0 unspecified atom stereocenters. The van der Waals surface area contributed by atoms with Crippen molar-refractivity contribution in [3.8, 4) is 0 Å². The molecule has 122 valence electrons. The molecule has 1 fully saturated rings. The van der Waals surface area contributed by atoms with E-state index in [2.05, 4.69) is 15.3 Å². The van der Waals surface area contributed by atoms with E-state index in [1.165, 1.54) is 12.1 Å². The summed E-state index contributed by atoms with van der Waals surface area (Å²) in [5.74, 6) is 0.613. The van der Waals surface area contributed by atoms with E-state index >= 15 is 0 Å². The Morgan fingerprint density at radius 2 is 1.87 bits per heavy atom. The molecule has 1 aliphatic rings. The van der Waals surface area contributed by atoms with Crippen LogP contribution in [0.5, 0.6) is 0 Å². The van der Waals surface area contributed by atoms with Crippen LogP contribution < -0.4 is 5.32 Å². The minimum absolute atomic E-state index is 0.0657. The van der Waals surface area contributed by atoms with Crippen molar-refractivity contribution in [2.24, 2.45) is 0 Å². The number of benzene rings is 1. The molecule has 1 aromatic carbocycles. The molecule has 2 aromatic rings. The molecule has 1 saturated heterocycles. The van der Waals surface area contributed by atoms with Crippen LogP contribution in [0.25, 0.3) is 0 Å². The predicted octanol–water partition coefficient (Wildman–Crippen LogP) is 3.39. The van der Waals surface area contributed by atoms with Gasteiger partial charge in [0.2, 0.25) is 0 Å². The Labute approximate surface area is 136 Å². The highest BCUT2D eigenvalue weighted by atomic mass is 19.1. The van der Waals surface area contributed by atoms with Crippen molar-refractivity contribution in [2.45, 2.75) is 32.1 Å². The quantitative estimate of drug-likeness (QED) is 0.939. The predicted molar refractivity (Wildman–Crippen MR) is 88.1 cm³/mol. The van der Waals surface area contributed by atoms with E-state index in [0.717, 1.165) is 55.4 Å². The third-order valence-electron chi connectivity index (χ3n) is 4.58. The van der Waals surface area contributed by atoms with Crippen LogP contribution in [0.1, 0.15) is 29.8 Å². The van der Waals surface area contributed by atoms with Gasteiger partial charge in [0.1, 0.15) is 11.6 Å². The van der Waals surface area contributed by atoms with Crippen LogP contribution in [0, 0.1) is 19.7 Å². The van der Waals surface area contributed by atoms with Gasteiger partial charge in [0.15, 0.2) is 0 Å². The molecular weight excluding hydrogens is 293 g/mol. The van der Waals surface area contributed by atoms with Crippen LogP contribution in [0.2, 0.25) is 0 Å². The van der Waals surface area contributed by atoms with E-state index in [-0.39, 0.29) is 11.2 Å². The van der Waals surface area contributed by atoms with Gasteiger partial charge in [0, 0.05) is 31.4 Å². The monoisotopic (exact) mass is 315 g/mol. The van der Waals surface area contributed by atoms with E-state index in [9.17, 15) is 4.39 Å². The summed E-state index contributed by atoms with van der Waals surface area (Å²) in [6.07, 6.45) is 3.58. The lowest BCUT2D eigenvalue weighted by Gasteiger charge is -2.38. The summed E-state index contributed by atoms with van der Waals surface area (Å²) in [5, 5.41) is 3.45. The second-order valence-electron chi connectivity index (χ2n) is 6.20. The first kappa shape index (κ1) is 15.9. The zero-order valence-electron chi connectivity index (χ0n) is 13.6. The Bertz CT molecular complexity index is 666. The Morgan fingerprint density at radius 3 is 2.57 bits per heavy atom. The second kappa shape index (κ2) is 6.62. The maximum absolute atomic E-state index is 13.3. The van der Waals surface area contributed by atoms with Gasteiger partial charge in [-0.2, -0.15) is 0 Å². The minimum Gasteiger partial charge on any atom is -0.381 e. The van der Waals surface area contributed by atoms with Crippen molar-refractivity contribution in [3.05, 3.63) is 53.2 Å². The van der Waals surface area contributed by atoms with Crippen LogP contribution in [-0.2, 0) is 10.2 Å². The Hall–Kier alpha value is -2.01. The van der Waals surface area contributed by atoms with Gasteiger partial charge in [0.05, 0.1) is 11.4 Å². The van der Waals surface area contributed by atoms with Crippen molar-refractivity contribution in [1.29, 1.82) is 0 Å². The van der Waals surface area contributed by atoms with E-state index in [0.29, 0.717) is 0 Å². The summed E-state index contributed by atoms with van der Waals surface area (Å²) in [6.45, 7) is 6.06. The Morgan fingerprint density at radius 1 is 1.17 bits per heavy atom. The smallest absolute Gasteiger partial charge is 0.147 e. The van der Waals surface area contributed by atoms with Gasteiger partial charge in [0.25, 0.3) is 0 Å². The topological polar surface area (TPSA) is 47.0 Å². The summed E-state index contributed by atoms with van der Waals surface area (Å²) in [4.78, 5) is 8.88. The van der Waals surface area contributed by atoms with Crippen LogP contribution in [0.3, 0.4) is 0 Å². The first-order chi connectivity index (χ1) is 11.1. The summed E-state index contributed by atoms with van der Waals surface area (Å²) in [6, 6.07) is 6.84. The standard InChI is InChI=1S/C18H22FN3O/c1-13-11-20-14(2)17(22-13)21-12-18(7-9-23-10-8-18)15-3-5-16(19)6-4-15/h3-6,11H,7-10,12H2,1-2H3,(H,21,22). The second-order valence-corrected chi connectivity index (χ2v) is 6.20. The van der Waals surface area contributed by atoms with Crippen molar-refractivity contribution < 1.29 is 9.13 Å². The Balaban J connectivity index is 1.84. The number of anilines is 1. The fourth-order valence-electron chi connectivity index (χ4n) is 3.09. The van der Waals surface area contributed by atoms with Gasteiger partial charge in [-0.3, -0.25) is 4.98 Å². The van der Waals surface area contributed by atoms with Gasteiger partial charge >= 0.3 is 0 Å². The van der Waals surface area contributed by atoms with Crippen molar-refractivity contribution >= 4 is 5.82 Å². The van der Waals surface area contributed by atoms with Crippen molar-refractivity contribution in [1.82, 2.24) is 9.97 Å². The van der Waals surface area contributed by atoms with Crippen LogP contribution in [0.4, 0.5) is 10.2 Å². The molecule has 0 atom stereocenters. The van der Waals surface area contributed by atoms with Gasteiger partial charge in [-0.1, -0.05) is 12.1 Å². The summed E-state index contributed by atoms with van der Waals surface area (Å²) in [5.41, 5.74) is 2.86. The van der Waals surface area contributed by atoms with E-state index in [1.807, 2.05) is 26.0 Å². The maximum atomic E-state index is 13.3. The molecule has 0 radical (unpaired) electrons. The molecule has 1 aromatic heterocycles. The molecule has 0 aliphatic carbocycles. The van der Waals surface area contributed by atoms with Crippen LogP contribution in [0.15, 0.2) is 30.5 Å². The number of aromatic nitrogens is 2. The molecule has 4 nitrogen and oxygen atoms in total. The fraction of sp³-hybridized carbons (Fsp3) is 0.444. The number of halogens is 1. The highest BCUT2D eigenvalue weighted by molar-refractivity contribution is 5.41. The van der Waals surface area contributed by atoms with Crippen LogP contribution in [-0.4, -0.2) is 29.7 Å². The lowest BCUT2D eigenvalue weighted by atomic mass is 9.74. The average molecular weight is 315 g/mol. The van der Waals surface area contributed by atoms with E-state index in [4.69, 9.17) is 4.74 Å². The van der Waals surface area contributed by atoms with Gasteiger partial charge in [-0.25, -0.2) is 9.37 Å². The maximum Gasteiger partial charge on any atom is 0.147 e. The molecule has 1 aliphatic heterocycles. The fourth-order valence-corrected chi connectivity index (χ4v) is 3.09. The Kier molecular flexibility index (Phi) is 4.57. The molecule has 0 saturated carbocycles. The number of ether oxygens (including phenoxy) is 1. The van der Waals surface area contributed by atoms with E-state index in [1.54, 1.807) is 6.20 Å². The zero-order valence-corrected chi connectivity index (χ0v) is 13.6. The van der Waals surface area contributed by atoms with E-state index < -0.39 is 0 Å². The third-order valence-corrected chi connectivity index (χ3v) is 4.58. The third kappa shape index (κ3) is 3.50. The lowest BCUT2D eigenvalue weighted by molar-refractivity contribution is 0.0543. The largest absolute Gasteiger partial charge is 0.381 e. The van der Waals surface area contributed by atoms with Crippen LogP contribution >= 0.6 is 0 Å². The number of aryl methyl sites for hydroxylation is 2. The summed E-state index contributed by atoms with van der Waals surface area (Å²) in [7, 11) is 0. The first-order valence-corrected chi connectivity index (χ1v) is 7.97. The van der Waals surface area contributed by atoms with Gasteiger partial charge in [-0.15, -0.1) is 0 Å². The molecule has 2 heterocycles. The number of rotatable bonds is 4. The molecule has 0 spiro atoms. The SMILES string of the molecule is Cc1cnc(C)c(NCC2(c3ccc(F)cc3)CCOCC2)n1. The first-order valence-electron chi connectivity index (χ1n) is 7.97. The number of hydrogen-bond donors (Lipinski definition) is 1. The molecule has 1 N–H and O–H groups in total. The highest BCUT2D eigenvalue weighted by Gasteiger charge is 2.34. The number of hydrogen-bond acceptors (Lipinski definition) is 4. The zero-order chi connectivity index (χ0) is 16.3. The van der Waals surface area contributed by atoms with Gasteiger partial charge in [-0.05, 0) is 44.4 Å². The molecule has 0 amide bonds. The number of nitrogens with zero attached hydrogens (tertiary/aromatic N) is 2. The molecule has 0 bridgehead atoms. The van der Waals surface area contributed by atoms with Crippen molar-refractivity contribution in [3.63, 3.8) is 0 Å². The van der Waals surface area contributed by atoms with Gasteiger partial charge < -0.3 is 10.1 Å².